The van der Waals surface area contributed by atoms with Crippen molar-refractivity contribution in [3.05, 3.63) is 40.7 Å². The second kappa shape index (κ2) is 5.93. The highest BCUT2D eigenvalue weighted by Gasteiger charge is 2.14. The predicted octanol–water partition coefficient (Wildman–Crippen LogP) is 1.76. The molecule has 1 aromatic carbocycles. The zero-order chi connectivity index (χ0) is 13.0. The minimum Gasteiger partial charge on any atom is -0.310 e. The first-order chi connectivity index (χ1) is 8.69. The first-order valence-electron chi connectivity index (χ1n) is 5.90. The Hall–Kier alpha value is -1.46. The van der Waals surface area contributed by atoms with E-state index in [1.165, 1.54) is 10.4 Å². The van der Waals surface area contributed by atoms with E-state index in [0.717, 1.165) is 17.4 Å². The zero-order valence-corrected chi connectivity index (χ0v) is 11.2. The number of tetrazole rings is 1. The molecule has 1 unspecified atom stereocenters. The van der Waals surface area contributed by atoms with Gasteiger partial charge in [0.05, 0.1) is 7.05 Å². The van der Waals surface area contributed by atoms with Crippen LogP contribution < -0.4 is 5.32 Å². The minimum atomic E-state index is 0.177. The first-order valence-corrected chi connectivity index (χ1v) is 6.28. The van der Waals surface area contributed by atoms with Gasteiger partial charge in [0.15, 0.2) is 5.82 Å². The molecule has 0 saturated heterocycles. The Kier molecular flexibility index (Phi) is 4.28. The van der Waals surface area contributed by atoms with Gasteiger partial charge < -0.3 is 5.32 Å². The quantitative estimate of drug-likeness (QED) is 0.895. The van der Waals surface area contributed by atoms with Gasteiger partial charge in [0.1, 0.15) is 0 Å². The van der Waals surface area contributed by atoms with Crippen LogP contribution in [0.2, 0.25) is 5.02 Å². The molecule has 0 aliphatic rings. The number of likely N-dealkylation sites (N-methyl/N-ethyl adjacent to an activating group) is 1. The van der Waals surface area contributed by atoms with Crippen molar-refractivity contribution in [2.24, 2.45) is 7.05 Å². The molecule has 0 saturated carbocycles. The molecule has 0 bridgehead atoms. The Labute approximate surface area is 111 Å². The van der Waals surface area contributed by atoms with Crippen molar-refractivity contribution < 1.29 is 0 Å². The summed E-state index contributed by atoms with van der Waals surface area (Å²) in [4.78, 5) is 1.47. The normalized spacial score (nSPS) is 12.6. The molecule has 1 heterocycles. The molecular formula is C12H16ClN5. The van der Waals surface area contributed by atoms with Crippen molar-refractivity contribution in [2.45, 2.75) is 19.4 Å². The predicted molar refractivity (Wildman–Crippen MR) is 70.4 cm³/mol. The van der Waals surface area contributed by atoms with Crippen LogP contribution in [0.1, 0.15) is 24.4 Å². The van der Waals surface area contributed by atoms with Gasteiger partial charge in [0.25, 0.3) is 0 Å². The van der Waals surface area contributed by atoms with Crippen LogP contribution in [0.15, 0.2) is 24.3 Å². The molecule has 96 valence electrons. The van der Waals surface area contributed by atoms with Crippen LogP contribution in [0.3, 0.4) is 0 Å². The lowest BCUT2D eigenvalue weighted by Gasteiger charge is -2.16. The van der Waals surface area contributed by atoms with E-state index in [2.05, 4.69) is 27.7 Å². The van der Waals surface area contributed by atoms with Gasteiger partial charge in [-0.2, -0.15) is 4.80 Å². The summed E-state index contributed by atoms with van der Waals surface area (Å²) in [5.74, 6) is 0.735. The largest absolute Gasteiger partial charge is 0.310 e. The number of aromatic nitrogens is 4. The Morgan fingerprint density at radius 2 is 2.06 bits per heavy atom. The number of benzene rings is 1. The van der Waals surface area contributed by atoms with E-state index in [-0.39, 0.29) is 6.04 Å². The summed E-state index contributed by atoms with van der Waals surface area (Å²) in [5.41, 5.74) is 1.17. The Morgan fingerprint density at radius 1 is 1.33 bits per heavy atom. The Morgan fingerprint density at radius 3 is 2.61 bits per heavy atom. The summed E-state index contributed by atoms with van der Waals surface area (Å²) in [6.45, 7) is 2.96. The summed E-state index contributed by atoms with van der Waals surface area (Å²) in [6.07, 6.45) is 0.712. The van der Waals surface area contributed by atoms with E-state index in [0.29, 0.717) is 6.42 Å². The molecule has 1 aromatic heterocycles. The molecule has 0 fully saturated rings. The smallest absolute Gasteiger partial charge is 0.176 e. The van der Waals surface area contributed by atoms with Gasteiger partial charge in [0.2, 0.25) is 0 Å². The van der Waals surface area contributed by atoms with Crippen molar-refractivity contribution in [1.82, 2.24) is 25.5 Å². The van der Waals surface area contributed by atoms with E-state index in [4.69, 9.17) is 11.6 Å². The maximum Gasteiger partial charge on any atom is 0.176 e. The van der Waals surface area contributed by atoms with Crippen molar-refractivity contribution in [2.75, 3.05) is 6.54 Å². The zero-order valence-electron chi connectivity index (χ0n) is 10.5. The van der Waals surface area contributed by atoms with Crippen molar-refractivity contribution in [3.63, 3.8) is 0 Å². The molecular weight excluding hydrogens is 250 g/mol. The standard InChI is InChI=1S/C12H16ClN5/c1-3-14-11(8-12-15-17-18(2)16-12)9-4-6-10(13)7-5-9/h4-7,11,14H,3,8H2,1-2H3. The third kappa shape index (κ3) is 3.27. The Balaban J connectivity index is 2.14. The van der Waals surface area contributed by atoms with Crippen LogP contribution in [-0.4, -0.2) is 26.8 Å². The first kappa shape index (κ1) is 13.0. The van der Waals surface area contributed by atoms with Crippen LogP contribution in [0.4, 0.5) is 0 Å². The molecule has 0 radical (unpaired) electrons. The van der Waals surface area contributed by atoms with Crippen LogP contribution >= 0.6 is 11.6 Å². The lowest BCUT2D eigenvalue weighted by molar-refractivity contribution is 0.535. The van der Waals surface area contributed by atoms with E-state index in [1.54, 1.807) is 7.05 Å². The summed E-state index contributed by atoms with van der Waals surface area (Å²) in [6, 6.07) is 8.01. The number of rotatable bonds is 5. The molecule has 6 heteroatoms. The van der Waals surface area contributed by atoms with Gasteiger partial charge in [-0.1, -0.05) is 30.7 Å². The highest BCUT2D eigenvalue weighted by atomic mass is 35.5. The van der Waals surface area contributed by atoms with Gasteiger partial charge in [-0.05, 0) is 29.5 Å². The summed E-state index contributed by atoms with van der Waals surface area (Å²) in [5, 5.41) is 16.2. The molecule has 0 amide bonds. The third-order valence-corrected chi connectivity index (χ3v) is 2.91. The lowest BCUT2D eigenvalue weighted by Crippen LogP contribution is -2.23. The molecule has 2 aromatic rings. The van der Waals surface area contributed by atoms with Crippen LogP contribution in [-0.2, 0) is 13.5 Å². The Bertz CT molecular complexity index is 493. The number of halogens is 1. The van der Waals surface area contributed by atoms with Crippen LogP contribution in [0.5, 0.6) is 0 Å². The molecule has 5 nitrogen and oxygen atoms in total. The van der Waals surface area contributed by atoms with E-state index < -0.39 is 0 Å². The maximum atomic E-state index is 5.90. The van der Waals surface area contributed by atoms with E-state index >= 15 is 0 Å². The summed E-state index contributed by atoms with van der Waals surface area (Å²) in [7, 11) is 1.76. The molecule has 0 aliphatic heterocycles. The number of hydrogen-bond donors (Lipinski definition) is 1. The molecule has 0 spiro atoms. The molecule has 1 N–H and O–H groups in total. The third-order valence-electron chi connectivity index (χ3n) is 2.66. The fourth-order valence-corrected chi connectivity index (χ4v) is 1.96. The second-order valence-electron chi connectivity index (χ2n) is 4.06. The molecule has 1 atom stereocenters. The van der Waals surface area contributed by atoms with Crippen molar-refractivity contribution in [1.29, 1.82) is 0 Å². The topological polar surface area (TPSA) is 55.6 Å². The van der Waals surface area contributed by atoms with Crippen molar-refractivity contribution in [3.8, 4) is 0 Å². The fraction of sp³-hybridized carbons (Fsp3) is 0.417. The molecule has 2 rings (SSSR count). The number of hydrogen-bond acceptors (Lipinski definition) is 4. The van der Waals surface area contributed by atoms with Crippen LogP contribution in [0, 0.1) is 0 Å². The second-order valence-corrected chi connectivity index (χ2v) is 4.50. The average Bonchev–Trinajstić information content (AvgIpc) is 2.75. The fourth-order valence-electron chi connectivity index (χ4n) is 1.84. The van der Waals surface area contributed by atoms with Crippen LogP contribution in [0.25, 0.3) is 0 Å². The van der Waals surface area contributed by atoms with Crippen molar-refractivity contribution >= 4 is 11.6 Å². The molecule has 18 heavy (non-hydrogen) atoms. The van der Waals surface area contributed by atoms with Gasteiger partial charge in [-0.25, -0.2) is 0 Å². The SMILES string of the molecule is CCNC(Cc1nnn(C)n1)c1ccc(Cl)cc1. The summed E-state index contributed by atoms with van der Waals surface area (Å²) >= 11 is 5.90. The minimum absolute atomic E-state index is 0.177. The lowest BCUT2D eigenvalue weighted by atomic mass is 10.0. The monoisotopic (exact) mass is 265 g/mol. The highest BCUT2D eigenvalue weighted by molar-refractivity contribution is 6.30. The molecule has 0 aliphatic carbocycles. The van der Waals surface area contributed by atoms with Gasteiger partial charge >= 0.3 is 0 Å². The van der Waals surface area contributed by atoms with Gasteiger partial charge in [0, 0.05) is 17.5 Å². The average molecular weight is 266 g/mol. The number of nitrogens with zero attached hydrogens (tertiary/aromatic N) is 4. The van der Waals surface area contributed by atoms with E-state index in [9.17, 15) is 0 Å². The number of aryl methyl sites for hydroxylation is 1. The van der Waals surface area contributed by atoms with Gasteiger partial charge in [-0.15, -0.1) is 10.2 Å². The maximum absolute atomic E-state index is 5.90. The highest BCUT2D eigenvalue weighted by Crippen LogP contribution is 2.19. The number of nitrogens with one attached hydrogen (secondary N) is 1. The van der Waals surface area contributed by atoms with E-state index in [1.807, 2.05) is 24.3 Å². The summed E-state index contributed by atoms with van der Waals surface area (Å²) < 4.78 is 0. The van der Waals surface area contributed by atoms with Gasteiger partial charge in [-0.3, -0.25) is 0 Å².